The molecule has 3 heteroatoms. The van der Waals surface area contributed by atoms with Gasteiger partial charge in [0, 0.05) is 19.3 Å². The Balaban J connectivity index is 1.70. The van der Waals surface area contributed by atoms with Gasteiger partial charge in [0.15, 0.2) is 0 Å². The maximum atomic E-state index is 11.5. The number of hydrogen-bond donors (Lipinski definition) is 1. The number of nitrogens with zero attached hydrogens (tertiary/aromatic N) is 1. The lowest BCUT2D eigenvalue weighted by molar-refractivity contribution is -0.143. The number of carbonyl (C=O) groups is 1. The van der Waals surface area contributed by atoms with Gasteiger partial charge in [0.25, 0.3) is 0 Å². The average molecular weight is 323 g/mol. The minimum absolute atomic E-state index is 0.164. The van der Waals surface area contributed by atoms with Crippen LogP contribution in [0.5, 0.6) is 0 Å². The molecule has 0 bridgehead atoms. The van der Waals surface area contributed by atoms with E-state index < -0.39 is 5.97 Å². The molecular weight excluding hydrogens is 298 g/mol. The zero-order valence-corrected chi connectivity index (χ0v) is 14.2. The van der Waals surface area contributed by atoms with E-state index in [0.717, 1.165) is 32.2 Å². The monoisotopic (exact) mass is 323 g/mol. The molecule has 3 nitrogen and oxygen atoms in total. The van der Waals surface area contributed by atoms with Crippen molar-refractivity contribution in [3.8, 4) is 0 Å². The van der Waals surface area contributed by atoms with Crippen molar-refractivity contribution in [1.29, 1.82) is 0 Å². The fraction of sp³-hybridized carbons (Fsp3) is 0.381. The zero-order chi connectivity index (χ0) is 16.9. The molecule has 0 aliphatic heterocycles. The summed E-state index contributed by atoms with van der Waals surface area (Å²) in [4.78, 5) is 13.7. The van der Waals surface area contributed by atoms with E-state index in [-0.39, 0.29) is 11.8 Å². The van der Waals surface area contributed by atoms with Gasteiger partial charge in [0.05, 0.1) is 5.92 Å². The Morgan fingerprint density at radius 2 is 1.71 bits per heavy atom. The maximum absolute atomic E-state index is 11.5. The van der Waals surface area contributed by atoms with Crippen molar-refractivity contribution in [3.63, 3.8) is 0 Å². The Hall–Kier alpha value is -2.29. The van der Waals surface area contributed by atoms with E-state index in [1.54, 1.807) is 0 Å². The smallest absolute Gasteiger partial charge is 0.307 e. The largest absolute Gasteiger partial charge is 0.481 e. The summed E-state index contributed by atoms with van der Waals surface area (Å²) in [5, 5.41) is 9.46. The van der Waals surface area contributed by atoms with Crippen LogP contribution in [0.4, 0.5) is 5.69 Å². The van der Waals surface area contributed by atoms with Gasteiger partial charge in [-0.15, -0.1) is 0 Å². The maximum Gasteiger partial charge on any atom is 0.307 e. The number of para-hydroxylation sites is 1. The van der Waals surface area contributed by atoms with Crippen LogP contribution in [0.3, 0.4) is 0 Å². The van der Waals surface area contributed by atoms with Gasteiger partial charge in [-0.05, 0) is 42.0 Å². The molecule has 2 atom stereocenters. The van der Waals surface area contributed by atoms with Crippen LogP contribution in [0, 0.1) is 5.92 Å². The summed E-state index contributed by atoms with van der Waals surface area (Å²) in [6, 6.07) is 18.9. The Morgan fingerprint density at radius 3 is 2.38 bits per heavy atom. The van der Waals surface area contributed by atoms with Crippen molar-refractivity contribution in [3.05, 3.63) is 65.7 Å². The number of benzene rings is 2. The lowest BCUT2D eigenvalue weighted by atomic mass is 9.75. The highest BCUT2D eigenvalue weighted by Crippen LogP contribution is 2.38. The van der Waals surface area contributed by atoms with E-state index in [0.29, 0.717) is 0 Å². The molecule has 1 aliphatic rings. The van der Waals surface area contributed by atoms with Crippen LogP contribution >= 0.6 is 0 Å². The Labute approximate surface area is 143 Å². The molecule has 0 heterocycles. The number of carboxylic acid groups (broad SMARTS) is 1. The molecule has 1 fully saturated rings. The quantitative estimate of drug-likeness (QED) is 0.868. The highest BCUT2D eigenvalue weighted by Gasteiger charge is 2.31. The topological polar surface area (TPSA) is 40.5 Å². The first-order valence-electron chi connectivity index (χ1n) is 8.73. The second kappa shape index (κ2) is 7.52. The summed E-state index contributed by atoms with van der Waals surface area (Å²) >= 11 is 0. The molecule has 24 heavy (non-hydrogen) atoms. The van der Waals surface area contributed by atoms with E-state index in [9.17, 15) is 9.90 Å². The molecule has 0 unspecified atom stereocenters. The van der Waals surface area contributed by atoms with Gasteiger partial charge in [0.1, 0.15) is 0 Å². The van der Waals surface area contributed by atoms with Crippen LogP contribution in [0.1, 0.15) is 42.7 Å². The van der Waals surface area contributed by atoms with Gasteiger partial charge in [0.2, 0.25) is 0 Å². The first-order valence-corrected chi connectivity index (χ1v) is 8.73. The number of aliphatic carboxylic acids is 1. The molecule has 0 radical (unpaired) electrons. The highest BCUT2D eigenvalue weighted by molar-refractivity contribution is 5.71. The molecule has 3 rings (SSSR count). The molecule has 0 amide bonds. The van der Waals surface area contributed by atoms with Crippen molar-refractivity contribution in [1.82, 2.24) is 0 Å². The van der Waals surface area contributed by atoms with E-state index >= 15 is 0 Å². The highest BCUT2D eigenvalue weighted by atomic mass is 16.4. The van der Waals surface area contributed by atoms with Crippen molar-refractivity contribution < 1.29 is 9.90 Å². The van der Waals surface area contributed by atoms with Crippen molar-refractivity contribution >= 4 is 11.7 Å². The molecule has 126 valence electrons. The molecule has 0 aromatic heterocycles. The summed E-state index contributed by atoms with van der Waals surface area (Å²) in [7, 11) is 2.09. The summed E-state index contributed by atoms with van der Waals surface area (Å²) < 4.78 is 0. The van der Waals surface area contributed by atoms with Crippen LogP contribution in [0.25, 0.3) is 0 Å². The second-order valence-corrected chi connectivity index (χ2v) is 6.77. The van der Waals surface area contributed by atoms with Gasteiger partial charge in [-0.25, -0.2) is 0 Å². The average Bonchev–Trinajstić information content (AvgIpc) is 2.63. The first-order chi connectivity index (χ1) is 11.6. The van der Waals surface area contributed by atoms with Crippen LogP contribution in [0.2, 0.25) is 0 Å². The molecular formula is C21H25NO2. The molecule has 0 saturated heterocycles. The number of anilines is 1. The molecule has 1 N–H and O–H groups in total. The van der Waals surface area contributed by atoms with E-state index in [1.165, 1.54) is 16.8 Å². The third-order valence-corrected chi connectivity index (χ3v) is 5.11. The predicted octanol–water partition coefficient (Wildman–Crippen LogP) is 4.68. The SMILES string of the molecule is CN(Cc1ccc([C@H]2CCCC[C@@H]2C(=O)O)cc1)c1ccccc1. The van der Waals surface area contributed by atoms with Gasteiger partial charge in [-0.3, -0.25) is 4.79 Å². The molecule has 2 aromatic carbocycles. The standard InChI is InChI=1S/C21H25NO2/c1-22(18-7-3-2-4-8-18)15-16-11-13-17(14-12-16)19-9-5-6-10-20(19)21(23)24/h2-4,7-8,11-14,19-20H,5-6,9-10,15H2,1H3,(H,23,24)/t19-,20+/m1/s1. The Kier molecular flexibility index (Phi) is 5.19. The molecule has 2 aromatic rings. The van der Waals surface area contributed by atoms with E-state index in [4.69, 9.17) is 0 Å². The summed E-state index contributed by atoms with van der Waals surface area (Å²) in [6.07, 6.45) is 3.96. The minimum Gasteiger partial charge on any atom is -0.481 e. The minimum atomic E-state index is -0.646. The third-order valence-electron chi connectivity index (χ3n) is 5.11. The van der Waals surface area contributed by atoms with Crippen LogP contribution in [0.15, 0.2) is 54.6 Å². The fourth-order valence-corrected chi connectivity index (χ4v) is 3.74. The summed E-state index contributed by atoms with van der Waals surface area (Å²) in [5.41, 5.74) is 3.61. The Bertz CT molecular complexity index is 666. The van der Waals surface area contributed by atoms with Gasteiger partial charge in [-0.2, -0.15) is 0 Å². The van der Waals surface area contributed by atoms with E-state index in [1.807, 2.05) is 18.2 Å². The Morgan fingerprint density at radius 1 is 1.04 bits per heavy atom. The first kappa shape index (κ1) is 16.6. The summed E-state index contributed by atoms with van der Waals surface area (Å²) in [5.74, 6) is -0.707. The van der Waals surface area contributed by atoms with Crippen molar-refractivity contribution in [2.24, 2.45) is 5.92 Å². The third kappa shape index (κ3) is 3.78. The zero-order valence-electron chi connectivity index (χ0n) is 14.2. The van der Waals surface area contributed by atoms with Gasteiger partial charge in [-0.1, -0.05) is 55.3 Å². The van der Waals surface area contributed by atoms with Crippen molar-refractivity contribution in [2.75, 3.05) is 11.9 Å². The predicted molar refractivity (Wildman–Crippen MR) is 97.3 cm³/mol. The van der Waals surface area contributed by atoms with Crippen LogP contribution in [-0.2, 0) is 11.3 Å². The lowest BCUT2D eigenvalue weighted by Crippen LogP contribution is -2.25. The lowest BCUT2D eigenvalue weighted by Gasteiger charge is -2.29. The number of hydrogen-bond acceptors (Lipinski definition) is 2. The molecule has 1 saturated carbocycles. The molecule has 1 aliphatic carbocycles. The fourth-order valence-electron chi connectivity index (χ4n) is 3.74. The number of rotatable bonds is 5. The normalized spacial score (nSPS) is 20.5. The van der Waals surface area contributed by atoms with Gasteiger partial charge < -0.3 is 10.0 Å². The second-order valence-electron chi connectivity index (χ2n) is 6.77. The number of carboxylic acids is 1. The van der Waals surface area contributed by atoms with Crippen LogP contribution < -0.4 is 4.90 Å². The summed E-state index contributed by atoms with van der Waals surface area (Å²) in [6.45, 7) is 0.845. The van der Waals surface area contributed by atoms with E-state index in [2.05, 4.69) is 48.3 Å². The van der Waals surface area contributed by atoms with Crippen molar-refractivity contribution in [2.45, 2.75) is 38.1 Å². The van der Waals surface area contributed by atoms with Gasteiger partial charge >= 0.3 is 5.97 Å². The molecule has 0 spiro atoms. The van der Waals surface area contributed by atoms with Crippen LogP contribution in [-0.4, -0.2) is 18.1 Å².